The first kappa shape index (κ1) is 30.6. The number of anilines is 1. The molecule has 1 aromatic heterocycles. The molecule has 5 rings (SSSR count). The lowest BCUT2D eigenvalue weighted by molar-refractivity contribution is 0.0527. The lowest BCUT2D eigenvalue weighted by Crippen LogP contribution is -2.34. The second-order valence-corrected chi connectivity index (χ2v) is 12.4. The number of pyridine rings is 1. The Bertz CT molecular complexity index is 1620. The Balaban J connectivity index is 1.42. The number of fused-ring (bicyclic) bond motifs is 2. The molecule has 230 valence electrons. The van der Waals surface area contributed by atoms with Gasteiger partial charge in [-0.1, -0.05) is 11.6 Å². The minimum atomic E-state index is -0.710. The van der Waals surface area contributed by atoms with Gasteiger partial charge in [0.2, 0.25) is 5.43 Å². The summed E-state index contributed by atoms with van der Waals surface area (Å²) in [5, 5.41) is 9.02. The van der Waals surface area contributed by atoms with Gasteiger partial charge in [0.1, 0.15) is 22.4 Å². The van der Waals surface area contributed by atoms with Gasteiger partial charge in [-0.25, -0.2) is 9.18 Å². The summed E-state index contributed by atoms with van der Waals surface area (Å²) in [6, 6.07) is 6.52. The van der Waals surface area contributed by atoms with Gasteiger partial charge in [0.15, 0.2) is 17.3 Å². The highest BCUT2D eigenvalue weighted by Crippen LogP contribution is 2.45. The Kier molecular flexibility index (Phi) is 8.84. The molecule has 10 nitrogen and oxygen atoms in total. The van der Waals surface area contributed by atoms with Crippen molar-refractivity contribution in [2.45, 2.75) is 58.1 Å². The molecule has 3 heterocycles. The van der Waals surface area contributed by atoms with Crippen LogP contribution in [0.2, 0.25) is 5.02 Å². The number of hydrogen-bond donors (Lipinski definition) is 3. The molecule has 1 saturated heterocycles. The quantitative estimate of drug-likeness (QED) is 0.216. The molecule has 2 aliphatic rings. The molecule has 0 bridgehead atoms. The van der Waals surface area contributed by atoms with Crippen LogP contribution in [0.1, 0.15) is 56.8 Å². The van der Waals surface area contributed by atoms with Crippen molar-refractivity contribution in [1.29, 1.82) is 0 Å². The third-order valence-electron chi connectivity index (χ3n) is 7.59. The van der Waals surface area contributed by atoms with E-state index in [1.54, 1.807) is 43.5 Å². The number of carbonyl (C=O) groups is 2. The number of alkyl carbamates (subject to hydrolysis) is 1. The number of hydrogen-bond acceptors (Lipinski definition) is 7. The third kappa shape index (κ3) is 6.73. The number of nitrogens with one attached hydrogen (secondary N) is 3. The van der Waals surface area contributed by atoms with Gasteiger partial charge in [-0.3, -0.25) is 9.59 Å². The maximum Gasteiger partial charge on any atom is 0.407 e. The van der Waals surface area contributed by atoms with Crippen molar-refractivity contribution in [2.24, 2.45) is 0 Å². The van der Waals surface area contributed by atoms with E-state index >= 15 is 4.39 Å². The van der Waals surface area contributed by atoms with Crippen LogP contribution in [0.25, 0.3) is 16.6 Å². The molecule has 0 saturated carbocycles. The van der Waals surface area contributed by atoms with Crippen LogP contribution in [-0.4, -0.2) is 66.3 Å². The van der Waals surface area contributed by atoms with Gasteiger partial charge in [0.25, 0.3) is 5.91 Å². The number of carbonyl (C=O) groups excluding carboxylic acids is 2. The molecule has 2 amide bonds. The van der Waals surface area contributed by atoms with Crippen LogP contribution in [0.15, 0.2) is 35.3 Å². The number of halogens is 2. The molecule has 1 unspecified atom stereocenters. The summed E-state index contributed by atoms with van der Waals surface area (Å²) in [6.45, 7) is 7.37. The summed E-state index contributed by atoms with van der Waals surface area (Å²) in [4.78, 5) is 41.0. The first-order valence-corrected chi connectivity index (χ1v) is 14.9. The van der Waals surface area contributed by atoms with E-state index in [4.69, 9.17) is 21.1 Å². The van der Waals surface area contributed by atoms with Crippen molar-refractivity contribution in [3.05, 3.63) is 57.1 Å². The van der Waals surface area contributed by atoms with Gasteiger partial charge < -0.3 is 34.9 Å². The second-order valence-electron chi connectivity index (χ2n) is 11.9. The monoisotopic (exact) mass is 613 g/mol. The zero-order valence-electron chi connectivity index (χ0n) is 24.8. The molecule has 2 aliphatic heterocycles. The summed E-state index contributed by atoms with van der Waals surface area (Å²) in [6.07, 6.45) is 4.39. The van der Waals surface area contributed by atoms with Crippen molar-refractivity contribution in [3.8, 4) is 17.2 Å². The van der Waals surface area contributed by atoms with E-state index in [9.17, 15) is 14.4 Å². The van der Waals surface area contributed by atoms with Gasteiger partial charge in [0.05, 0.1) is 11.1 Å². The average molecular weight is 614 g/mol. The number of nitrogens with zero attached hydrogens (tertiary/aromatic N) is 2. The molecule has 1 fully saturated rings. The van der Waals surface area contributed by atoms with E-state index in [1.807, 2.05) is 0 Å². The van der Waals surface area contributed by atoms with Crippen LogP contribution in [0.5, 0.6) is 11.5 Å². The van der Waals surface area contributed by atoms with E-state index in [0.29, 0.717) is 47.5 Å². The van der Waals surface area contributed by atoms with Gasteiger partial charge in [0, 0.05) is 43.0 Å². The van der Waals surface area contributed by atoms with Crippen molar-refractivity contribution in [3.63, 3.8) is 0 Å². The first-order valence-electron chi connectivity index (χ1n) is 14.5. The Morgan fingerprint density at radius 2 is 1.95 bits per heavy atom. The highest BCUT2D eigenvalue weighted by atomic mass is 35.5. The molecule has 3 aromatic rings. The summed E-state index contributed by atoms with van der Waals surface area (Å²) in [7, 11) is 2.07. The van der Waals surface area contributed by atoms with Crippen molar-refractivity contribution >= 4 is 40.2 Å². The Morgan fingerprint density at radius 1 is 1.16 bits per heavy atom. The summed E-state index contributed by atoms with van der Waals surface area (Å²) in [5.74, 6) is -0.766. The topological polar surface area (TPSA) is 114 Å². The second kappa shape index (κ2) is 12.4. The van der Waals surface area contributed by atoms with E-state index in [0.717, 1.165) is 31.9 Å². The molecule has 0 radical (unpaired) electrons. The predicted molar refractivity (Wildman–Crippen MR) is 165 cm³/mol. The van der Waals surface area contributed by atoms with Crippen LogP contribution >= 0.6 is 11.6 Å². The van der Waals surface area contributed by atoms with Crippen molar-refractivity contribution in [1.82, 2.24) is 20.1 Å². The maximum atomic E-state index is 15.6. The van der Waals surface area contributed by atoms with Crippen molar-refractivity contribution < 1.29 is 23.5 Å². The van der Waals surface area contributed by atoms with E-state index in [1.165, 1.54) is 6.20 Å². The lowest BCUT2D eigenvalue weighted by Gasteiger charge is -2.26. The van der Waals surface area contributed by atoms with Crippen LogP contribution in [-0.2, 0) is 4.74 Å². The van der Waals surface area contributed by atoms with E-state index in [2.05, 4.69) is 27.9 Å². The fourth-order valence-corrected chi connectivity index (χ4v) is 5.68. The maximum absolute atomic E-state index is 15.6. The molecule has 0 spiro atoms. The van der Waals surface area contributed by atoms with Crippen molar-refractivity contribution in [2.75, 3.05) is 38.5 Å². The number of ether oxygens (including phenoxy) is 2. The summed E-state index contributed by atoms with van der Waals surface area (Å²) < 4.78 is 28.7. The average Bonchev–Trinajstić information content (AvgIpc) is 3.34. The zero-order chi connectivity index (χ0) is 30.9. The number of likely N-dealkylation sites (tertiary alicyclic amines) is 1. The summed E-state index contributed by atoms with van der Waals surface area (Å²) >= 11 is 6.25. The van der Waals surface area contributed by atoms with E-state index < -0.39 is 28.8 Å². The molecular weight excluding hydrogens is 577 g/mol. The number of aromatic nitrogens is 1. The highest BCUT2D eigenvalue weighted by Gasteiger charge is 2.29. The van der Waals surface area contributed by atoms with Gasteiger partial charge in [-0.05, 0) is 78.2 Å². The molecule has 3 N–H and O–H groups in total. The highest BCUT2D eigenvalue weighted by molar-refractivity contribution is 6.30. The number of amides is 2. The normalized spacial score (nSPS) is 16.0. The summed E-state index contributed by atoms with van der Waals surface area (Å²) in [5.41, 5.74) is -0.340. The number of rotatable bonds is 9. The minimum absolute atomic E-state index is 0.0217. The standard InChI is InChI=1S/C31H37ClFN5O5/c1-31(2,3)43-30(41)36-12-6-11-34-25-22(33)16-20-26-28(25)42-24-15-18(32)8-9-23(24)38(26)17-21(27(20)39)29(40)35-13-10-19-7-5-14-37(19)4/h8-9,15-17,19,34H,5-7,10-14H2,1-4H3,(H,35,40)(H,36,41). The van der Waals surface area contributed by atoms with Gasteiger partial charge in [-0.15, -0.1) is 0 Å². The van der Waals surface area contributed by atoms with Crippen LogP contribution < -0.4 is 26.1 Å². The van der Waals surface area contributed by atoms with Crippen LogP contribution in [0, 0.1) is 5.82 Å². The molecule has 0 aliphatic carbocycles. The van der Waals surface area contributed by atoms with Crippen LogP contribution in [0.3, 0.4) is 0 Å². The fraction of sp³-hybridized carbons (Fsp3) is 0.452. The molecule has 2 aromatic carbocycles. The molecular formula is C31H37ClFN5O5. The molecule has 43 heavy (non-hydrogen) atoms. The van der Waals surface area contributed by atoms with E-state index in [-0.39, 0.29) is 28.9 Å². The van der Waals surface area contributed by atoms with Gasteiger partial charge >= 0.3 is 6.09 Å². The fourth-order valence-electron chi connectivity index (χ4n) is 5.52. The SMILES string of the molecule is CN1CCCC1CCNC(=O)c1cn2c3c(c(NCCCNC(=O)OC(C)(C)C)c(F)cc3c1=O)Oc1cc(Cl)ccc1-2. The third-order valence-corrected chi connectivity index (χ3v) is 7.83. The lowest BCUT2D eigenvalue weighted by atomic mass is 10.1. The zero-order valence-corrected chi connectivity index (χ0v) is 25.6. The smallest absolute Gasteiger partial charge is 0.407 e. The minimum Gasteiger partial charge on any atom is -0.451 e. The molecule has 12 heteroatoms. The largest absolute Gasteiger partial charge is 0.451 e. The Morgan fingerprint density at radius 3 is 2.67 bits per heavy atom. The molecule has 1 atom stereocenters. The van der Waals surface area contributed by atoms with Gasteiger partial charge in [-0.2, -0.15) is 0 Å². The first-order chi connectivity index (χ1) is 20.4. The Hall–Kier alpha value is -3.83. The van der Waals surface area contributed by atoms with Crippen LogP contribution in [0.4, 0.5) is 14.9 Å². The Labute approximate surface area is 254 Å². The predicted octanol–water partition coefficient (Wildman–Crippen LogP) is 5.43. The number of benzene rings is 2.